The first-order valence-corrected chi connectivity index (χ1v) is 19.3. The van der Waals surface area contributed by atoms with Gasteiger partial charge in [-0.15, -0.1) is 0 Å². The minimum Gasteiger partial charge on any atom is -0.380 e. The standard InChI is InChI=1S/C32H45BrF3N3O2Si/c1-30(2,3)38-15-13-31(14-16-38,25-10-8-7-9-11-25)22-40-17-12-24-20-26(32(34,35)36)21-27-28(24)37-39(29(27)33)23-41-18-19-42(4,5)6/h7-11,20-21H,12-19,22-23H2,1-6H3. The van der Waals surface area contributed by atoms with Gasteiger partial charge in [0.05, 0.1) is 24.3 Å². The number of rotatable bonds is 11. The highest BCUT2D eigenvalue weighted by Gasteiger charge is 2.39. The third kappa shape index (κ3) is 8.25. The molecule has 232 valence electrons. The molecular formula is C32H45BrF3N3O2Si. The van der Waals surface area contributed by atoms with Crippen LogP contribution in [-0.2, 0) is 34.2 Å². The Hall–Kier alpha value is -1.72. The van der Waals surface area contributed by atoms with Gasteiger partial charge in [0.1, 0.15) is 11.3 Å². The molecule has 0 aliphatic carbocycles. The molecule has 3 aromatic rings. The second-order valence-corrected chi connectivity index (χ2v) is 20.1. The molecule has 5 nitrogen and oxygen atoms in total. The lowest BCUT2D eigenvalue weighted by Crippen LogP contribution is -2.51. The maximum atomic E-state index is 13.9. The van der Waals surface area contributed by atoms with E-state index in [1.165, 1.54) is 17.7 Å². The van der Waals surface area contributed by atoms with Gasteiger partial charge in [0.2, 0.25) is 0 Å². The molecule has 1 aliphatic rings. The molecule has 42 heavy (non-hydrogen) atoms. The number of nitrogens with zero attached hydrogens (tertiary/aromatic N) is 3. The van der Waals surface area contributed by atoms with Gasteiger partial charge >= 0.3 is 6.18 Å². The van der Waals surface area contributed by atoms with E-state index in [9.17, 15) is 13.2 Å². The van der Waals surface area contributed by atoms with E-state index in [2.05, 4.69) is 90.6 Å². The molecule has 2 aromatic carbocycles. The van der Waals surface area contributed by atoms with Crippen LogP contribution in [0, 0.1) is 0 Å². The van der Waals surface area contributed by atoms with E-state index in [4.69, 9.17) is 9.47 Å². The van der Waals surface area contributed by atoms with E-state index < -0.39 is 19.8 Å². The SMILES string of the molecule is CC(C)(C)N1CCC(COCCc2cc(C(F)(F)F)cc3c(Br)n(COCC[Si](C)(C)C)nc23)(c2ccccc2)CC1. The lowest BCUT2D eigenvalue weighted by molar-refractivity contribution is -0.137. The highest BCUT2D eigenvalue weighted by atomic mass is 79.9. The van der Waals surface area contributed by atoms with Crippen LogP contribution in [0.5, 0.6) is 0 Å². The number of piperidine rings is 1. The Bertz CT molecular complexity index is 1330. The first-order valence-electron chi connectivity index (χ1n) is 14.8. The molecule has 1 fully saturated rings. The molecule has 0 unspecified atom stereocenters. The topological polar surface area (TPSA) is 39.5 Å². The van der Waals surface area contributed by atoms with Gasteiger partial charge in [-0.05, 0) is 98.4 Å². The first kappa shape index (κ1) is 33.2. The quantitative estimate of drug-likeness (QED) is 0.152. The summed E-state index contributed by atoms with van der Waals surface area (Å²) in [6.07, 6.45) is -2.19. The molecule has 0 bridgehead atoms. The molecule has 2 heterocycles. The molecule has 0 spiro atoms. The number of halogens is 4. The normalized spacial score (nSPS) is 16.8. The van der Waals surface area contributed by atoms with Gasteiger partial charge in [0.25, 0.3) is 0 Å². The number of benzene rings is 2. The van der Waals surface area contributed by atoms with E-state index in [1.807, 2.05) is 6.07 Å². The van der Waals surface area contributed by atoms with Crippen LogP contribution in [0.2, 0.25) is 25.7 Å². The summed E-state index contributed by atoms with van der Waals surface area (Å²) in [5, 5.41) is 5.09. The van der Waals surface area contributed by atoms with Crippen molar-refractivity contribution in [1.29, 1.82) is 0 Å². The molecule has 10 heteroatoms. The van der Waals surface area contributed by atoms with Gasteiger partial charge in [-0.3, -0.25) is 4.90 Å². The summed E-state index contributed by atoms with van der Waals surface area (Å²) >= 11 is 3.49. The van der Waals surface area contributed by atoms with Crippen LogP contribution in [-0.4, -0.2) is 61.2 Å². The second kappa shape index (κ2) is 13.1. The van der Waals surface area contributed by atoms with Gasteiger partial charge in [-0.1, -0.05) is 50.0 Å². The van der Waals surface area contributed by atoms with E-state index in [1.54, 1.807) is 4.68 Å². The van der Waals surface area contributed by atoms with Crippen molar-refractivity contribution in [3.05, 3.63) is 63.8 Å². The fourth-order valence-corrected chi connectivity index (χ4v) is 6.85. The molecule has 4 rings (SSSR count). The zero-order valence-corrected chi connectivity index (χ0v) is 28.4. The van der Waals surface area contributed by atoms with Crippen molar-refractivity contribution in [2.24, 2.45) is 0 Å². The third-order valence-corrected chi connectivity index (χ3v) is 10.9. The summed E-state index contributed by atoms with van der Waals surface area (Å²) in [6.45, 7) is 17.1. The van der Waals surface area contributed by atoms with E-state index in [0.717, 1.165) is 32.0 Å². The summed E-state index contributed by atoms with van der Waals surface area (Å²) in [4.78, 5) is 2.51. The van der Waals surface area contributed by atoms with Crippen molar-refractivity contribution in [1.82, 2.24) is 14.7 Å². The summed E-state index contributed by atoms with van der Waals surface area (Å²) in [5.74, 6) is 0. The molecule has 0 radical (unpaired) electrons. The van der Waals surface area contributed by atoms with Crippen molar-refractivity contribution < 1.29 is 22.6 Å². The molecular weight excluding hydrogens is 623 g/mol. The number of likely N-dealkylation sites (tertiary alicyclic amines) is 1. The number of ether oxygens (including phenoxy) is 2. The zero-order chi connectivity index (χ0) is 30.8. The summed E-state index contributed by atoms with van der Waals surface area (Å²) in [5.41, 5.74) is 1.64. The average molecular weight is 669 g/mol. The van der Waals surface area contributed by atoms with E-state index in [0.29, 0.717) is 47.3 Å². The lowest BCUT2D eigenvalue weighted by atomic mass is 9.72. The van der Waals surface area contributed by atoms with E-state index in [-0.39, 0.29) is 17.7 Å². The van der Waals surface area contributed by atoms with Gasteiger partial charge in [0.15, 0.2) is 0 Å². The van der Waals surface area contributed by atoms with Crippen LogP contribution in [0.15, 0.2) is 47.1 Å². The van der Waals surface area contributed by atoms with Crippen LogP contribution in [0.25, 0.3) is 10.9 Å². The number of hydrogen-bond donors (Lipinski definition) is 0. The number of hydrogen-bond acceptors (Lipinski definition) is 4. The Morgan fingerprint density at radius 1 is 0.976 bits per heavy atom. The smallest absolute Gasteiger partial charge is 0.380 e. The fraction of sp³-hybridized carbons (Fsp3) is 0.594. The van der Waals surface area contributed by atoms with Crippen LogP contribution in [0.3, 0.4) is 0 Å². The molecule has 1 aliphatic heterocycles. The van der Waals surface area contributed by atoms with Gasteiger partial charge < -0.3 is 9.47 Å². The Morgan fingerprint density at radius 2 is 1.64 bits per heavy atom. The highest BCUT2D eigenvalue weighted by molar-refractivity contribution is 9.10. The molecule has 1 aromatic heterocycles. The average Bonchev–Trinajstić information content (AvgIpc) is 3.23. The van der Waals surface area contributed by atoms with Gasteiger partial charge in [-0.2, -0.15) is 18.3 Å². The van der Waals surface area contributed by atoms with Crippen LogP contribution < -0.4 is 0 Å². The van der Waals surface area contributed by atoms with Gasteiger partial charge in [-0.25, -0.2) is 4.68 Å². The number of fused-ring (bicyclic) bond motifs is 1. The highest BCUT2D eigenvalue weighted by Crippen LogP contribution is 2.39. The molecule has 0 atom stereocenters. The summed E-state index contributed by atoms with van der Waals surface area (Å²) in [6, 6.07) is 13.9. The monoisotopic (exact) mass is 667 g/mol. The minimum atomic E-state index is -4.46. The number of alkyl halides is 3. The maximum Gasteiger partial charge on any atom is 0.416 e. The molecule has 1 saturated heterocycles. The van der Waals surface area contributed by atoms with Crippen molar-refractivity contribution >= 4 is 34.9 Å². The predicted octanol–water partition coefficient (Wildman–Crippen LogP) is 8.52. The van der Waals surface area contributed by atoms with Crippen molar-refractivity contribution in [2.75, 3.05) is 32.9 Å². The minimum absolute atomic E-state index is 0.107. The Morgan fingerprint density at radius 3 is 2.24 bits per heavy atom. The van der Waals surface area contributed by atoms with Crippen molar-refractivity contribution in [3.63, 3.8) is 0 Å². The molecule has 0 amide bonds. The van der Waals surface area contributed by atoms with Crippen molar-refractivity contribution in [2.45, 2.75) is 89.6 Å². The third-order valence-electron chi connectivity index (χ3n) is 8.35. The molecule has 0 saturated carbocycles. The Balaban J connectivity index is 1.50. The van der Waals surface area contributed by atoms with Crippen LogP contribution >= 0.6 is 15.9 Å². The molecule has 0 N–H and O–H groups in total. The Kier molecular flexibility index (Phi) is 10.3. The van der Waals surface area contributed by atoms with Crippen molar-refractivity contribution in [3.8, 4) is 0 Å². The van der Waals surface area contributed by atoms with Crippen LogP contribution in [0.1, 0.15) is 50.3 Å². The fourth-order valence-electron chi connectivity index (χ4n) is 5.61. The van der Waals surface area contributed by atoms with E-state index >= 15 is 0 Å². The summed E-state index contributed by atoms with van der Waals surface area (Å²) < 4.78 is 55.9. The zero-order valence-electron chi connectivity index (χ0n) is 25.8. The second-order valence-electron chi connectivity index (χ2n) is 13.8. The first-order chi connectivity index (χ1) is 19.6. The number of aromatic nitrogens is 2. The van der Waals surface area contributed by atoms with Crippen LogP contribution in [0.4, 0.5) is 13.2 Å². The maximum absolute atomic E-state index is 13.9. The summed E-state index contributed by atoms with van der Waals surface area (Å²) in [7, 11) is -1.26. The van der Waals surface area contributed by atoms with Gasteiger partial charge in [0, 0.05) is 31.0 Å². The predicted molar refractivity (Wildman–Crippen MR) is 170 cm³/mol. The Labute approximate surface area is 257 Å². The lowest BCUT2D eigenvalue weighted by Gasteiger charge is -2.46. The largest absolute Gasteiger partial charge is 0.416 e.